The highest BCUT2D eigenvalue weighted by Crippen LogP contribution is 2.13. The summed E-state index contributed by atoms with van der Waals surface area (Å²) in [6, 6.07) is 8.81. The van der Waals surface area contributed by atoms with Crippen LogP contribution < -0.4 is 9.88 Å². The minimum atomic E-state index is -0.684. The van der Waals surface area contributed by atoms with E-state index < -0.39 is 6.04 Å². The maximum atomic E-state index is 13.2. The van der Waals surface area contributed by atoms with E-state index in [2.05, 4.69) is 18.8 Å². The molecule has 1 heterocycles. The lowest BCUT2D eigenvalue weighted by Gasteiger charge is -2.14. The number of nitrogens with zero attached hydrogens (tertiary/aromatic N) is 1. The molecule has 1 N–H and O–H groups in total. The number of carbonyl (C=O) groups excluding carboxylic acids is 1. The van der Waals surface area contributed by atoms with Crippen LogP contribution in [0.25, 0.3) is 0 Å². The van der Waals surface area contributed by atoms with E-state index in [-0.39, 0.29) is 11.6 Å². The molecule has 2 aromatic rings. The number of hydrogen-bond acceptors (Lipinski definition) is 2. The van der Waals surface area contributed by atoms with Crippen LogP contribution in [0.3, 0.4) is 0 Å². The fourth-order valence-electron chi connectivity index (χ4n) is 2.53. The van der Waals surface area contributed by atoms with Crippen molar-refractivity contribution in [3.8, 4) is 0 Å². The van der Waals surface area contributed by atoms with Crippen molar-refractivity contribution in [2.75, 3.05) is 6.54 Å². The van der Waals surface area contributed by atoms with Gasteiger partial charge in [0.15, 0.2) is 17.4 Å². The molecule has 0 fully saturated rings. The van der Waals surface area contributed by atoms with E-state index in [4.69, 9.17) is 12.2 Å². The third-order valence-corrected chi connectivity index (χ3v) is 4.17. The molecule has 0 aliphatic rings. The summed E-state index contributed by atoms with van der Waals surface area (Å²) in [5.41, 5.74) is 1.62. The smallest absolute Gasteiger partial charge is 0.270 e. The fourth-order valence-corrected chi connectivity index (χ4v) is 2.84. The molecule has 25 heavy (non-hydrogen) atoms. The second-order valence-corrected chi connectivity index (χ2v) is 6.15. The summed E-state index contributed by atoms with van der Waals surface area (Å²) in [5, 5.41) is 3.03. The molecule has 0 saturated heterocycles. The summed E-state index contributed by atoms with van der Waals surface area (Å²) in [6.45, 7) is 6.25. The summed E-state index contributed by atoms with van der Waals surface area (Å²) in [5.74, 6) is -0.563. The number of nitrogens with one attached hydrogen (secondary N) is 1. The van der Waals surface area contributed by atoms with Crippen molar-refractivity contribution >= 4 is 23.0 Å². The number of rotatable bonds is 8. The van der Waals surface area contributed by atoms with Crippen LogP contribution in [0.1, 0.15) is 35.3 Å². The lowest BCUT2D eigenvalue weighted by molar-refractivity contribution is -0.692. The van der Waals surface area contributed by atoms with Crippen molar-refractivity contribution < 1.29 is 13.8 Å². The van der Waals surface area contributed by atoms with E-state index >= 15 is 0 Å². The van der Waals surface area contributed by atoms with Crippen molar-refractivity contribution in [3.63, 3.8) is 0 Å². The number of carbonyl (C=O) groups is 1. The van der Waals surface area contributed by atoms with Gasteiger partial charge in [-0.2, -0.15) is 4.57 Å². The van der Waals surface area contributed by atoms with Crippen LogP contribution in [0.5, 0.6) is 0 Å². The number of Topliss-reactive ketones (excluding diaryl/α,β-unsaturated/α-hetero) is 1. The summed E-state index contributed by atoms with van der Waals surface area (Å²) in [7, 11) is 0. The number of pyridine rings is 1. The summed E-state index contributed by atoms with van der Waals surface area (Å²) in [6.07, 6.45) is 7.44. The van der Waals surface area contributed by atoms with Crippen LogP contribution in [-0.4, -0.2) is 17.3 Å². The van der Waals surface area contributed by atoms with Crippen LogP contribution in [0.4, 0.5) is 4.39 Å². The van der Waals surface area contributed by atoms with E-state index in [1.807, 2.05) is 24.5 Å². The Labute approximate surface area is 153 Å². The highest BCUT2D eigenvalue weighted by Gasteiger charge is 2.32. The zero-order valence-corrected chi connectivity index (χ0v) is 15.1. The van der Waals surface area contributed by atoms with Gasteiger partial charge in [0, 0.05) is 24.2 Å². The Morgan fingerprint density at radius 2 is 1.92 bits per heavy atom. The molecule has 0 saturated carbocycles. The third kappa shape index (κ3) is 5.03. The number of ketones is 1. The molecular weight excluding hydrogens is 335 g/mol. The molecule has 0 radical (unpaired) electrons. The first-order valence-corrected chi connectivity index (χ1v) is 8.65. The molecule has 0 amide bonds. The molecule has 0 aliphatic carbocycles. The number of aromatic nitrogens is 1. The van der Waals surface area contributed by atoms with Gasteiger partial charge in [-0.05, 0) is 36.2 Å². The molecule has 0 bridgehead atoms. The minimum absolute atomic E-state index is 0.185. The number of halogens is 1. The van der Waals surface area contributed by atoms with E-state index in [9.17, 15) is 9.18 Å². The molecule has 1 aromatic heterocycles. The number of hydrogen-bond donors (Lipinski definition) is 1. The lowest BCUT2D eigenvalue weighted by atomic mass is 10.0. The van der Waals surface area contributed by atoms with Crippen LogP contribution in [0, 0.1) is 5.82 Å². The van der Waals surface area contributed by atoms with Gasteiger partial charge in [-0.25, -0.2) is 4.39 Å². The van der Waals surface area contributed by atoms with Crippen molar-refractivity contribution in [1.29, 1.82) is 0 Å². The van der Waals surface area contributed by atoms with Crippen molar-refractivity contribution in [2.45, 2.75) is 25.8 Å². The average molecular weight is 357 g/mol. The Morgan fingerprint density at radius 3 is 2.48 bits per heavy atom. The quantitative estimate of drug-likeness (QED) is 0.339. The van der Waals surface area contributed by atoms with Crippen molar-refractivity contribution in [2.24, 2.45) is 0 Å². The molecule has 1 aromatic carbocycles. The van der Waals surface area contributed by atoms with Gasteiger partial charge in [0.05, 0.1) is 0 Å². The topological polar surface area (TPSA) is 33.0 Å². The Bertz CT molecular complexity index is 741. The number of benzene rings is 1. The SMILES string of the molecule is C=CCNC(=S)[C@@H](C(=O)c1ccc(F)cc1)[n+]1ccc(CCC)cc1. The number of thiocarbonyl (C=S) groups is 1. The average Bonchev–Trinajstić information content (AvgIpc) is 2.62. The summed E-state index contributed by atoms with van der Waals surface area (Å²) < 4.78 is 14.9. The molecule has 0 unspecified atom stereocenters. The monoisotopic (exact) mass is 357 g/mol. The van der Waals surface area contributed by atoms with Crippen LogP contribution in [-0.2, 0) is 6.42 Å². The molecule has 5 heteroatoms. The van der Waals surface area contributed by atoms with Crippen LogP contribution in [0.2, 0.25) is 0 Å². The molecule has 2 rings (SSSR count). The van der Waals surface area contributed by atoms with Crippen LogP contribution in [0.15, 0.2) is 61.4 Å². The Hall–Kier alpha value is -2.40. The Kier molecular flexibility index (Phi) is 6.95. The fraction of sp³-hybridized carbons (Fsp3) is 0.250. The maximum Gasteiger partial charge on any atom is 0.270 e. The summed E-state index contributed by atoms with van der Waals surface area (Å²) in [4.78, 5) is 13.4. The summed E-state index contributed by atoms with van der Waals surface area (Å²) >= 11 is 5.43. The zero-order chi connectivity index (χ0) is 18.2. The van der Waals surface area contributed by atoms with E-state index in [1.54, 1.807) is 10.6 Å². The Balaban J connectivity index is 2.34. The molecule has 1 atom stereocenters. The largest absolute Gasteiger partial charge is 0.370 e. The van der Waals surface area contributed by atoms with Gasteiger partial charge in [0.1, 0.15) is 5.82 Å². The predicted octanol–water partition coefficient (Wildman–Crippen LogP) is 3.59. The second kappa shape index (κ2) is 9.18. The first kappa shape index (κ1) is 18.9. The highest BCUT2D eigenvalue weighted by atomic mass is 32.1. The van der Waals surface area contributed by atoms with E-state index in [1.165, 1.54) is 29.8 Å². The molecular formula is C20H22FN2OS+. The molecule has 3 nitrogen and oxygen atoms in total. The molecule has 130 valence electrons. The third-order valence-electron chi connectivity index (χ3n) is 3.80. The van der Waals surface area contributed by atoms with Gasteiger partial charge in [0.2, 0.25) is 5.78 Å². The minimum Gasteiger partial charge on any atom is -0.370 e. The molecule has 0 spiro atoms. The normalized spacial score (nSPS) is 11.6. The van der Waals surface area contributed by atoms with Crippen molar-refractivity contribution in [3.05, 3.63) is 78.4 Å². The van der Waals surface area contributed by atoms with Crippen molar-refractivity contribution in [1.82, 2.24) is 5.32 Å². The van der Waals surface area contributed by atoms with Gasteiger partial charge < -0.3 is 5.32 Å². The zero-order valence-electron chi connectivity index (χ0n) is 14.2. The predicted molar refractivity (Wildman–Crippen MR) is 101 cm³/mol. The van der Waals surface area contributed by atoms with Gasteiger partial charge in [-0.3, -0.25) is 4.79 Å². The number of aryl methyl sites for hydroxylation is 1. The van der Waals surface area contributed by atoms with Crippen LogP contribution >= 0.6 is 12.2 Å². The maximum absolute atomic E-state index is 13.2. The first-order valence-electron chi connectivity index (χ1n) is 8.25. The van der Waals surface area contributed by atoms with Gasteiger partial charge in [0.25, 0.3) is 6.04 Å². The Morgan fingerprint density at radius 1 is 1.28 bits per heavy atom. The lowest BCUT2D eigenvalue weighted by Crippen LogP contribution is -2.51. The highest BCUT2D eigenvalue weighted by molar-refractivity contribution is 7.80. The van der Waals surface area contributed by atoms with Gasteiger partial charge >= 0.3 is 0 Å². The standard InChI is InChI=1S/C20H21FN2OS/c1-3-5-15-10-13-23(14-11-15)18(20(25)22-12-4-2)19(24)16-6-8-17(21)9-7-16/h4,6-11,13-14,18H,2-3,5,12H2,1H3/p+1/t18-/m1/s1. The molecule has 0 aliphatic heterocycles. The van der Waals surface area contributed by atoms with Gasteiger partial charge in [-0.15, -0.1) is 6.58 Å². The first-order chi connectivity index (χ1) is 12.1. The second-order valence-electron chi connectivity index (χ2n) is 5.71. The van der Waals surface area contributed by atoms with E-state index in [0.717, 1.165) is 12.8 Å². The van der Waals surface area contributed by atoms with Gasteiger partial charge in [-0.1, -0.05) is 31.6 Å². The van der Waals surface area contributed by atoms with E-state index in [0.29, 0.717) is 17.1 Å².